The van der Waals surface area contributed by atoms with Gasteiger partial charge in [0.1, 0.15) is 11.6 Å². The fourth-order valence-electron chi connectivity index (χ4n) is 1.84. The minimum absolute atomic E-state index is 0.0584. The zero-order valence-corrected chi connectivity index (χ0v) is 12.4. The number of rotatable bonds is 6. The highest BCUT2D eigenvalue weighted by Crippen LogP contribution is 2.28. The number of aromatic nitrogens is 1. The van der Waals surface area contributed by atoms with E-state index in [4.69, 9.17) is 27.4 Å². The van der Waals surface area contributed by atoms with Crippen LogP contribution in [0.2, 0.25) is 0 Å². The number of nitrogens with two attached hydrogens (primary N) is 1. The van der Waals surface area contributed by atoms with Crippen LogP contribution in [0, 0.1) is 0 Å². The zero-order chi connectivity index (χ0) is 15.2. The molecule has 1 heterocycles. The first-order valence-corrected chi connectivity index (χ1v) is 6.79. The van der Waals surface area contributed by atoms with Crippen molar-refractivity contribution in [1.29, 1.82) is 0 Å². The number of benzene rings is 1. The monoisotopic (exact) mass is 304 g/mol. The van der Waals surface area contributed by atoms with Gasteiger partial charge in [-0.25, -0.2) is 0 Å². The average molecular weight is 304 g/mol. The van der Waals surface area contributed by atoms with Gasteiger partial charge in [-0.1, -0.05) is 18.3 Å². The first kappa shape index (κ1) is 15.1. The molecule has 0 fully saturated rings. The molecule has 5 nitrogen and oxygen atoms in total. The Kier molecular flexibility index (Phi) is 4.94. The normalized spacial score (nSPS) is 10.1. The first-order chi connectivity index (χ1) is 10.1. The molecule has 110 valence electrons. The maximum absolute atomic E-state index is 11.6. The molecule has 0 radical (unpaired) electrons. The lowest BCUT2D eigenvalue weighted by Crippen LogP contribution is -2.21. The van der Waals surface area contributed by atoms with E-state index in [1.807, 2.05) is 0 Å². The van der Waals surface area contributed by atoms with E-state index in [2.05, 4.69) is 0 Å². The Morgan fingerprint density at radius 1 is 1.29 bits per heavy atom. The van der Waals surface area contributed by atoms with Gasteiger partial charge in [-0.3, -0.25) is 4.79 Å². The van der Waals surface area contributed by atoms with E-state index < -0.39 is 0 Å². The van der Waals surface area contributed by atoms with Crippen molar-refractivity contribution in [2.24, 2.45) is 5.73 Å². The topological polar surface area (TPSA) is 66.5 Å². The number of hydrogen-bond donors (Lipinski definition) is 1. The van der Waals surface area contributed by atoms with E-state index >= 15 is 0 Å². The Morgan fingerprint density at radius 3 is 2.76 bits per heavy atom. The van der Waals surface area contributed by atoms with Gasteiger partial charge in [0.2, 0.25) is 0 Å². The molecule has 0 saturated carbocycles. The summed E-state index contributed by atoms with van der Waals surface area (Å²) in [6.07, 6.45) is 1.72. The molecule has 0 amide bonds. The van der Waals surface area contributed by atoms with Crippen molar-refractivity contribution in [1.82, 2.24) is 4.57 Å². The molecular formula is C15H16N2O3S. The van der Waals surface area contributed by atoms with Crippen LogP contribution in [-0.4, -0.2) is 23.3 Å². The van der Waals surface area contributed by atoms with Crippen LogP contribution in [0.4, 0.5) is 0 Å². The summed E-state index contributed by atoms with van der Waals surface area (Å²) in [5.41, 5.74) is 6.23. The maximum atomic E-state index is 11.6. The molecule has 2 rings (SSSR count). The van der Waals surface area contributed by atoms with Gasteiger partial charge in [0, 0.05) is 17.8 Å². The standard InChI is InChI=1S/C15H16N2O3S/c1-19-13-10-11(15(16)21)5-6-12(13)20-9-8-17-7-3-2-4-14(17)18/h2-7,10H,8-9H2,1H3,(H2,16,21). The van der Waals surface area contributed by atoms with E-state index in [-0.39, 0.29) is 5.56 Å². The summed E-state index contributed by atoms with van der Waals surface area (Å²) in [4.78, 5) is 11.9. The minimum Gasteiger partial charge on any atom is -0.493 e. The average Bonchev–Trinajstić information content (AvgIpc) is 2.49. The van der Waals surface area contributed by atoms with Crippen molar-refractivity contribution in [2.45, 2.75) is 6.54 Å². The van der Waals surface area contributed by atoms with E-state index in [1.165, 1.54) is 6.07 Å². The fourth-order valence-corrected chi connectivity index (χ4v) is 1.97. The Labute approximate surface area is 127 Å². The van der Waals surface area contributed by atoms with E-state index in [9.17, 15) is 4.79 Å². The quantitative estimate of drug-likeness (QED) is 0.821. The Balaban J connectivity index is 2.05. The summed E-state index contributed by atoms with van der Waals surface area (Å²) >= 11 is 4.92. The fraction of sp³-hybridized carbons (Fsp3) is 0.200. The van der Waals surface area contributed by atoms with Crippen LogP contribution in [0.5, 0.6) is 11.5 Å². The highest BCUT2D eigenvalue weighted by molar-refractivity contribution is 7.80. The van der Waals surface area contributed by atoms with Gasteiger partial charge in [-0.2, -0.15) is 0 Å². The van der Waals surface area contributed by atoms with Crippen LogP contribution in [0.3, 0.4) is 0 Å². The number of pyridine rings is 1. The highest BCUT2D eigenvalue weighted by atomic mass is 32.1. The highest BCUT2D eigenvalue weighted by Gasteiger charge is 2.07. The lowest BCUT2D eigenvalue weighted by atomic mass is 10.2. The molecular weight excluding hydrogens is 288 g/mol. The number of nitrogens with zero attached hydrogens (tertiary/aromatic N) is 1. The summed E-state index contributed by atoms with van der Waals surface area (Å²) < 4.78 is 12.5. The lowest BCUT2D eigenvalue weighted by molar-refractivity contribution is 0.278. The molecule has 0 spiro atoms. The summed E-state index contributed by atoms with van der Waals surface area (Å²) in [5.74, 6) is 1.14. The molecule has 0 unspecified atom stereocenters. The Bertz CT molecular complexity index is 697. The Hall–Kier alpha value is -2.34. The molecule has 0 aliphatic rings. The zero-order valence-electron chi connectivity index (χ0n) is 11.6. The summed E-state index contributed by atoms with van der Waals surface area (Å²) in [6.45, 7) is 0.812. The van der Waals surface area contributed by atoms with E-state index in [0.717, 1.165) is 0 Å². The maximum Gasteiger partial charge on any atom is 0.250 e. The van der Waals surface area contributed by atoms with Crippen molar-refractivity contribution in [2.75, 3.05) is 13.7 Å². The SMILES string of the molecule is COc1cc(C(N)=S)ccc1OCCn1ccccc1=O. The molecule has 0 bridgehead atoms. The number of thiocarbonyl (C=S) groups is 1. The second kappa shape index (κ2) is 6.90. The van der Waals surface area contributed by atoms with Crippen LogP contribution >= 0.6 is 12.2 Å². The molecule has 0 atom stereocenters. The van der Waals surface area contributed by atoms with Gasteiger partial charge >= 0.3 is 0 Å². The first-order valence-electron chi connectivity index (χ1n) is 6.38. The summed E-state index contributed by atoms with van der Waals surface area (Å²) in [7, 11) is 1.55. The third kappa shape index (κ3) is 3.82. The molecule has 1 aromatic carbocycles. The third-order valence-electron chi connectivity index (χ3n) is 2.94. The van der Waals surface area contributed by atoms with Crippen molar-refractivity contribution in [3.63, 3.8) is 0 Å². The number of ether oxygens (including phenoxy) is 2. The molecule has 0 aliphatic carbocycles. The van der Waals surface area contributed by atoms with Crippen LogP contribution < -0.4 is 20.8 Å². The van der Waals surface area contributed by atoms with Gasteiger partial charge in [0.25, 0.3) is 5.56 Å². The van der Waals surface area contributed by atoms with Gasteiger partial charge < -0.3 is 19.8 Å². The van der Waals surface area contributed by atoms with Crippen LogP contribution in [0.15, 0.2) is 47.4 Å². The molecule has 1 aromatic heterocycles. The molecule has 0 saturated heterocycles. The predicted octanol–water partition coefficient (Wildman–Crippen LogP) is 1.57. The van der Waals surface area contributed by atoms with Crippen LogP contribution in [-0.2, 0) is 6.54 Å². The lowest BCUT2D eigenvalue weighted by Gasteiger charge is -2.12. The second-order valence-corrected chi connectivity index (χ2v) is 4.75. The van der Waals surface area contributed by atoms with Gasteiger partial charge in [-0.15, -0.1) is 0 Å². The summed E-state index contributed by atoms with van der Waals surface area (Å²) in [5, 5.41) is 0. The number of methoxy groups -OCH3 is 1. The largest absolute Gasteiger partial charge is 0.493 e. The second-order valence-electron chi connectivity index (χ2n) is 4.31. The minimum atomic E-state index is -0.0584. The Morgan fingerprint density at radius 2 is 2.10 bits per heavy atom. The molecule has 2 aromatic rings. The predicted molar refractivity (Wildman–Crippen MR) is 85.1 cm³/mol. The number of hydrogen-bond acceptors (Lipinski definition) is 4. The van der Waals surface area contributed by atoms with Crippen molar-refractivity contribution in [3.8, 4) is 11.5 Å². The van der Waals surface area contributed by atoms with Gasteiger partial charge in [0.05, 0.1) is 13.7 Å². The van der Waals surface area contributed by atoms with Crippen molar-refractivity contribution >= 4 is 17.2 Å². The van der Waals surface area contributed by atoms with Gasteiger partial charge in [0.15, 0.2) is 11.5 Å². The van der Waals surface area contributed by atoms with Crippen molar-refractivity contribution in [3.05, 3.63) is 58.5 Å². The molecule has 6 heteroatoms. The summed E-state index contributed by atoms with van der Waals surface area (Å²) in [6, 6.07) is 10.3. The van der Waals surface area contributed by atoms with E-state index in [0.29, 0.717) is 35.2 Å². The van der Waals surface area contributed by atoms with Crippen molar-refractivity contribution < 1.29 is 9.47 Å². The third-order valence-corrected chi connectivity index (χ3v) is 3.17. The molecule has 2 N–H and O–H groups in total. The molecule has 0 aliphatic heterocycles. The molecule has 21 heavy (non-hydrogen) atoms. The van der Waals surface area contributed by atoms with Gasteiger partial charge in [-0.05, 0) is 24.3 Å². The van der Waals surface area contributed by atoms with Crippen LogP contribution in [0.1, 0.15) is 5.56 Å². The van der Waals surface area contributed by atoms with E-state index in [1.54, 1.807) is 48.2 Å². The van der Waals surface area contributed by atoms with Crippen LogP contribution in [0.25, 0.3) is 0 Å². The smallest absolute Gasteiger partial charge is 0.250 e.